The SMILES string of the molecule is O=C(Nc1ccc(F)c(F)c1)c1ccc(CSc2ccc(Cl)cc2)cc1. The number of hydrogen-bond donors (Lipinski definition) is 1. The Bertz CT molecular complexity index is 914. The van der Waals surface area contributed by atoms with Crippen molar-refractivity contribution in [2.75, 3.05) is 5.32 Å². The summed E-state index contributed by atoms with van der Waals surface area (Å²) in [5, 5.41) is 3.25. The average Bonchev–Trinajstić information content (AvgIpc) is 2.65. The number of thioether (sulfide) groups is 1. The molecule has 2 nitrogen and oxygen atoms in total. The maximum Gasteiger partial charge on any atom is 0.255 e. The fraction of sp³-hybridized carbons (Fsp3) is 0.0500. The molecule has 0 fully saturated rings. The van der Waals surface area contributed by atoms with Crippen molar-refractivity contribution >= 4 is 35.0 Å². The largest absolute Gasteiger partial charge is 0.322 e. The molecule has 3 rings (SSSR count). The van der Waals surface area contributed by atoms with Gasteiger partial charge in [-0.2, -0.15) is 0 Å². The lowest BCUT2D eigenvalue weighted by molar-refractivity contribution is 0.102. The number of hydrogen-bond acceptors (Lipinski definition) is 2. The molecule has 26 heavy (non-hydrogen) atoms. The van der Waals surface area contributed by atoms with Gasteiger partial charge in [0.25, 0.3) is 5.91 Å². The maximum atomic E-state index is 13.2. The van der Waals surface area contributed by atoms with Gasteiger partial charge in [-0.1, -0.05) is 23.7 Å². The molecule has 0 aromatic heterocycles. The van der Waals surface area contributed by atoms with Crippen molar-refractivity contribution in [1.82, 2.24) is 0 Å². The van der Waals surface area contributed by atoms with Crippen LogP contribution in [0.1, 0.15) is 15.9 Å². The molecule has 1 N–H and O–H groups in total. The second-order valence-electron chi connectivity index (χ2n) is 5.52. The van der Waals surface area contributed by atoms with Crippen LogP contribution in [-0.2, 0) is 5.75 Å². The molecule has 0 radical (unpaired) electrons. The van der Waals surface area contributed by atoms with E-state index in [0.717, 1.165) is 28.3 Å². The number of anilines is 1. The minimum Gasteiger partial charge on any atom is -0.322 e. The molecule has 6 heteroatoms. The fourth-order valence-electron chi connectivity index (χ4n) is 2.23. The summed E-state index contributed by atoms with van der Waals surface area (Å²) >= 11 is 7.53. The summed E-state index contributed by atoms with van der Waals surface area (Å²) in [7, 11) is 0. The normalized spacial score (nSPS) is 10.6. The summed E-state index contributed by atoms with van der Waals surface area (Å²) in [4.78, 5) is 13.3. The zero-order valence-electron chi connectivity index (χ0n) is 13.5. The molecule has 3 aromatic rings. The van der Waals surface area contributed by atoms with Crippen LogP contribution in [0.15, 0.2) is 71.6 Å². The molecule has 3 aromatic carbocycles. The molecular formula is C20H14ClF2NOS. The number of halogens is 3. The highest BCUT2D eigenvalue weighted by Gasteiger charge is 2.08. The van der Waals surface area contributed by atoms with Gasteiger partial charge in [0, 0.05) is 33.0 Å². The Morgan fingerprint density at radius 2 is 1.62 bits per heavy atom. The highest BCUT2D eigenvalue weighted by Crippen LogP contribution is 2.24. The summed E-state index contributed by atoms with van der Waals surface area (Å²) in [6, 6.07) is 18.0. The van der Waals surface area contributed by atoms with E-state index < -0.39 is 11.6 Å². The fourth-order valence-corrected chi connectivity index (χ4v) is 3.21. The first-order chi connectivity index (χ1) is 12.5. The van der Waals surface area contributed by atoms with Crippen molar-refractivity contribution < 1.29 is 13.6 Å². The summed E-state index contributed by atoms with van der Waals surface area (Å²) in [5.74, 6) is -1.58. The van der Waals surface area contributed by atoms with Crippen molar-refractivity contribution in [3.05, 3.63) is 94.5 Å². The van der Waals surface area contributed by atoms with Gasteiger partial charge in [0.2, 0.25) is 0 Å². The molecule has 0 bridgehead atoms. The van der Waals surface area contributed by atoms with Gasteiger partial charge < -0.3 is 5.32 Å². The van der Waals surface area contributed by atoms with Crippen molar-refractivity contribution in [3.63, 3.8) is 0 Å². The topological polar surface area (TPSA) is 29.1 Å². The zero-order valence-corrected chi connectivity index (χ0v) is 15.1. The van der Waals surface area contributed by atoms with Crippen molar-refractivity contribution in [2.45, 2.75) is 10.6 Å². The molecule has 0 unspecified atom stereocenters. The highest BCUT2D eigenvalue weighted by atomic mass is 35.5. The number of carbonyl (C=O) groups excluding carboxylic acids is 1. The summed E-state index contributed by atoms with van der Waals surface area (Å²) in [6.45, 7) is 0. The van der Waals surface area contributed by atoms with E-state index in [1.165, 1.54) is 6.07 Å². The molecule has 0 spiro atoms. The molecular weight excluding hydrogens is 376 g/mol. The minimum atomic E-state index is -1.00. The van der Waals surface area contributed by atoms with Crippen LogP contribution in [-0.4, -0.2) is 5.91 Å². The molecule has 0 saturated carbocycles. The van der Waals surface area contributed by atoms with E-state index in [-0.39, 0.29) is 11.6 Å². The third-order valence-electron chi connectivity index (χ3n) is 3.61. The van der Waals surface area contributed by atoms with Gasteiger partial charge in [0.15, 0.2) is 11.6 Å². The van der Waals surface area contributed by atoms with Crippen LogP contribution < -0.4 is 5.32 Å². The first-order valence-corrected chi connectivity index (χ1v) is 9.11. The third-order valence-corrected chi connectivity index (χ3v) is 4.95. The summed E-state index contributed by atoms with van der Waals surface area (Å²) < 4.78 is 26.1. The Labute approximate surface area is 159 Å². The Morgan fingerprint density at radius 3 is 2.27 bits per heavy atom. The number of carbonyl (C=O) groups is 1. The summed E-state index contributed by atoms with van der Waals surface area (Å²) in [5.41, 5.74) is 1.71. The lowest BCUT2D eigenvalue weighted by Crippen LogP contribution is -2.12. The number of benzene rings is 3. The molecule has 0 aliphatic carbocycles. The molecule has 0 aliphatic rings. The monoisotopic (exact) mass is 389 g/mol. The number of rotatable bonds is 5. The van der Waals surface area contributed by atoms with Crippen LogP contribution in [0.5, 0.6) is 0 Å². The van der Waals surface area contributed by atoms with Gasteiger partial charge in [-0.25, -0.2) is 8.78 Å². The summed E-state index contributed by atoms with van der Waals surface area (Å²) in [6.07, 6.45) is 0. The third kappa shape index (κ3) is 4.84. The van der Waals surface area contributed by atoms with Gasteiger partial charge >= 0.3 is 0 Å². The first kappa shape index (κ1) is 18.4. The number of nitrogens with one attached hydrogen (secondary N) is 1. The predicted molar refractivity (Wildman–Crippen MR) is 102 cm³/mol. The van der Waals surface area contributed by atoms with Gasteiger partial charge in [0.1, 0.15) is 0 Å². The van der Waals surface area contributed by atoms with Crippen molar-refractivity contribution in [3.8, 4) is 0 Å². The van der Waals surface area contributed by atoms with E-state index in [0.29, 0.717) is 10.6 Å². The minimum absolute atomic E-state index is 0.205. The van der Waals surface area contributed by atoms with E-state index in [1.807, 2.05) is 36.4 Å². The van der Waals surface area contributed by atoms with E-state index in [2.05, 4.69) is 5.32 Å². The van der Waals surface area contributed by atoms with E-state index in [1.54, 1.807) is 23.9 Å². The van der Waals surface area contributed by atoms with Crippen molar-refractivity contribution in [1.29, 1.82) is 0 Å². The standard InChI is InChI=1S/C20H14ClF2NOS/c21-15-5-8-17(9-6-15)26-12-13-1-3-14(4-2-13)20(25)24-16-7-10-18(22)19(23)11-16/h1-11H,12H2,(H,24,25). The van der Waals surface area contributed by atoms with Crippen LogP contribution in [0.3, 0.4) is 0 Å². The lowest BCUT2D eigenvalue weighted by atomic mass is 10.1. The predicted octanol–water partition coefficient (Wildman–Crippen LogP) is 6.16. The first-order valence-electron chi connectivity index (χ1n) is 7.75. The Kier molecular flexibility index (Phi) is 5.91. The second-order valence-corrected chi connectivity index (χ2v) is 7.01. The average molecular weight is 390 g/mol. The Morgan fingerprint density at radius 1 is 0.923 bits per heavy atom. The quantitative estimate of drug-likeness (QED) is 0.529. The van der Waals surface area contributed by atoms with Gasteiger partial charge in [-0.05, 0) is 54.1 Å². The van der Waals surface area contributed by atoms with Gasteiger partial charge in [-0.3, -0.25) is 4.79 Å². The molecule has 132 valence electrons. The van der Waals surface area contributed by atoms with Crippen LogP contribution >= 0.6 is 23.4 Å². The molecule has 0 aliphatic heterocycles. The van der Waals surface area contributed by atoms with Crippen LogP contribution in [0.2, 0.25) is 5.02 Å². The second kappa shape index (κ2) is 8.34. The van der Waals surface area contributed by atoms with Crippen LogP contribution in [0, 0.1) is 11.6 Å². The lowest BCUT2D eigenvalue weighted by Gasteiger charge is -2.07. The Balaban J connectivity index is 1.60. The van der Waals surface area contributed by atoms with E-state index in [9.17, 15) is 13.6 Å². The Hall–Kier alpha value is -2.37. The molecule has 0 saturated heterocycles. The van der Waals surface area contributed by atoms with Gasteiger partial charge in [-0.15, -0.1) is 11.8 Å². The van der Waals surface area contributed by atoms with Crippen LogP contribution in [0.4, 0.5) is 14.5 Å². The maximum absolute atomic E-state index is 13.2. The molecule has 0 atom stereocenters. The van der Waals surface area contributed by atoms with E-state index >= 15 is 0 Å². The smallest absolute Gasteiger partial charge is 0.255 e. The van der Waals surface area contributed by atoms with Crippen molar-refractivity contribution in [2.24, 2.45) is 0 Å². The van der Waals surface area contributed by atoms with Crippen LogP contribution in [0.25, 0.3) is 0 Å². The molecule has 0 heterocycles. The zero-order chi connectivity index (χ0) is 18.5. The van der Waals surface area contributed by atoms with Gasteiger partial charge in [0.05, 0.1) is 0 Å². The van der Waals surface area contributed by atoms with E-state index in [4.69, 9.17) is 11.6 Å². The highest BCUT2D eigenvalue weighted by molar-refractivity contribution is 7.98. The number of amides is 1. The molecule has 1 amide bonds.